The molecule has 25 heavy (non-hydrogen) atoms. The monoisotopic (exact) mass is 343 g/mol. The third-order valence-electron chi connectivity index (χ3n) is 4.32. The van der Waals surface area contributed by atoms with Crippen LogP contribution >= 0.6 is 0 Å². The maximum atomic E-state index is 6.00. The van der Waals surface area contributed by atoms with Crippen LogP contribution in [0.25, 0.3) is 11.0 Å². The number of likely N-dealkylation sites (tertiary alicyclic amines) is 1. The van der Waals surface area contributed by atoms with E-state index in [0.29, 0.717) is 24.2 Å². The predicted octanol–water partition coefficient (Wildman–Crippen LogP) is 2.75. The molecule has 1 fully saturated rings. The molecule has 7 heteroatoms. The zero-order chi connectivity index (χ0) is 17.8. The van der Waals surface area contributed by atoms with Gasteiger partial charge in [-0.25, -0.2) is 4.99 Å². The van der Waals surface area contributed by atoms with Crippen LogP contribution in [-0.4, -0.2) is 58.6 Å². The second-order valence-electron chi connectivity index (χ2n) is 6.39. The van der Waals surface area contributed by atoms with Crippen molar-refractivity contribution in [3.05, 3.63) is 30.5 Å². The molecule has 2 heterocycles. The van der Waals surface area contributed by atoms with Crippen molar-refractivity contribution in [2.45, 2.75) is 38.8 Å². The minimum Gasteiger partial charge on any atom is -0.496 e. The second-order valence-corrected chi connectivity index (χ2v) is 6.39. The number of ether oxygens (including phenoxy) is 2. The fourth-order valence-corrected chi connectivity index (χ4v) is 3.10. The Balaban J connectivity index is 1.94. The van der Waals surface area contributed by atoms with Crippen LogP contribution in [0.3, 0.4) is 0 Å². The lowest BCUT2D eigenvalue weighted by atomic mass is 10.1. The van der Waals surface area contributed by atoms with E-state index in [2.05, 4.69) is 26.9 Å². The zero-order valence-corrected chi connectivity index (χ0v) is 15.0. The Morgan fingerprint density at radius 1 is 1.44 bits per heavy atom. The SMILES string of the molecule is C=CN1CCCC1CN=C(OC(C)C)c1cc2n[nH]nc2cc1OC. The first-order valence-corrected chi connectivity index (χ1v) is 8.60. The van der Waals surface area contributed by atoms with Crippen LogP contribution < -0.4 is 4.74 Å². The number of rotatable bonds is 6. The third-order valence-corrected chi connectivity index (χ3v) is 4.32. The van der Waals surface area contributed by atoms with Gasteiger partial charge < -0.3 is 14.4 Å². The maximum absolute atomic E-state index is 6.00. The minimum atomic E-state index is 0.00977. The molecule has 1 aromatic heterocycles. The fourth-order valence-electron chi connectivity index (χ4n) is 3.10. The first-order valence-electron chi connectivity index (χ1n) is 8.60. The summed E-state index contributed by atoms with van der Waals surface area (Å²) in [7, 11) is 1.63. The van der Waals surface area contributed by atoms with Crippen LogP contribution in [0.2, 0.25) is 0 Å². The van der Waals surface area contributed by atoms with Gasteiger partial charge in [0.15, 0.2) is 0 Å². The Labute approximate surface area is 147 Å². The fraction of sp³-hybridized carbons (Fsp3) is 0.500. The van der Waals surface area contributed by atoms with E-state index in [4.69, 9.17) is 14.5 Å². The van der Waals surface area contributed by atoms with Gasteiger partial charge in [0.05, 0.1) is 25.3 Å². The van der Waals surface area contributed by atoms with Crippen molar-refractivity contribution < 1.29 is 9.47 Å². The van der Waals surface area contributed by atoms with Gasteiger partial charge >= 0.3 is 0 Å². The molecule has 0 aliphatic carbocycles. The van der Waals surface area contributed by atoms with Gasteiger partial charge in [0.2, 0.25) is 5.90 Å². The van der Waals surface area contributed by atoms with Crippen molar-refractivity contribution in [1.29, 1.82) is 0 Å². The van der Waals surface area contributed by atoms with E-state index < -0.39 is 0 Å². The molecular weight excluding hydrogens is 318 g/mol. The smallest absolute Gasteiger partial charge is 0.220 e. The van der Waals surface area contributed by atoms with Crippen molar-refractivity contribution in [2.75, 3.05) is 20.2 Å². The summed E-state index contributed by atoms with van der Waals surface area (Å²) in [6.45, 7) is 9.57. The molecular formula is C18H25N5O2. The normalized spacial score (nSPS) is 18.2. The average Bonchev–Trinajstić information content (AvgIpc) is 3.25. The van der Waals surface area contributed by atoms with Crippen LogP contribution in [0.1, 0.15) is 32.3 Å². The van der Waals surface area contributed by atoms with Gasteiger partial charge in [-0.1, -0.05) is 6.58 Å². The van der Waals surface area contributed by atoms with Crippen molar-refractivity contribution in [3.8, 4) is 5.75 Å². The van der Waals surface area contributed by atoms with E-state index in [1.807, 2.05) is 32.2 Å². The number of benzene rings is 1. The van der Waals surface area contributed by atoms with Gasteiger partial charge in [0, 0.05) is 18.7 Å². The summed E-state index contributed by atoms with van der Waals surface area (Å²) < 4.78 is 11.5. The van der Waals surface area contributed by atoms with E-state index in [1.54, 1.807) is 7.11 Å². The lowest BCUT2D eigenvalue weighted by Gasteiger charge is -2.21. The lowest BCUT2D eigenvalue weighted by Crippen LogP contribution is -2.27. The number of hydrogen-bond acceptors (Lipinski definition) is 6. The summed E-state index contributed by atoms with van der Waals surface area (Å²) in [6, 6.07) is 4.11. The van der Waals surface area contributed by atoms with E-state index in [9.17, 15) is 0 Å². The molecule has 1 atom stereocenters. The molecule has 0 bridgehead atoms. The van der Waals surface area contributed by atoms with Crippen molar-refractivity contribution in [1.82, 2.24) is 20.3 Å². The number of methoxy groups -OCH3 is 1. The van der Waals surface area contributed by atoms with Gasteiger partial charge in [-0.3, -0.25) is 0 Å². The summed E-state index contributed by atoms with van der Waals surface area (Å²) in [5.74, 6) is 1.25. The van der Waals surface area contributed by atoms with Crippen LogP contribution in [0, 0.1) is 0 Å². The third kappa shape index (κ3) is 3.75. The largest absolute Gasteiger partial charge is 0.496 e. The summed E-state index contributed by atoms with van der Waals surface area (Å²) in [5, 5.41) is 10.9. The minimum absolute atomic E-state index is 0.00977. The molecule has 1 aliphatic heterocycles. The van der Waals surface area contributed by atoms with Crippen molar-refractivity contribution >= 4 is 16.9 Å². The summed E-state index contributed by atoms with van der Waals surface area (Å²) >= 11 is 0. The van der Waals surface area contributed by atoms with Crippen LogP contribution in [0.4, 0.5) is 0 Å². The van der Waals surface area contributed by atoms with E-state index in [0.717, 1.165) is 29.6 Å². The number of aliphatic imine (C=N–C) groups is 1. The van der Waals surface area contributed by atoms with Crippen molar-refractivity contribution in [2.24, 2.45) is 4.99 Å². The number of aromatic nitrogens is 3. The Morgan fingerprint density at radius 2 is 2.20 bits per heavy atom. The number of aromatic amines is 1. The predicted molar refractivity (Wildman–Crippen MR) is 98.0 cm³/mol. The zero-order valence-electron chi connectivity index (χ0n) is 15.0. The summed E-state index contributed by atoms with van der Waals surface area (Å²) in [6.07, 6.45) is 4.19. The molecule has 1 aromatic carbocycles. The molecule has 1 aliphatic rings. The molecule has 2 aromatic rings. The van der Waals surface area contributed by atoms with E-state index >= 15 is 0 Å². The first-order chi connectivity index (χ1) is 12.1. The van der Waals surface area contributed by atoms with Gasteiger partial charge in [0.1, 0.15) is 16.8 Å². The highest BCUT2D eigenvalue weighted by molar-refractivity contribution is 6.00. The molecule has 1 unspecified atom stereocenters. The number of nitrogens with zero attached hydrogens (tertiary/aromatic N) is 4. The highest BCUT2D eigenvalue weighted by Gasteiger charge is 2.22. The number of H-pyrrole nitrogens is 1. The van der Waals surface area contributed by atoms with Crippen LogP contribution in [0.5, 0.6) is 5.75 Å². The standard InChI is InChI=1S/C18H25N5O2/c1-5-23-8-6-7-13(23)11-19-18(25-12(2)3)14-9-15-16(21-22-20-15)10-17(14)24-4/h5,9-10,12-13H,1,6-8,11H2,2-4H3,(H,20,21,22). The maximum Gasteiger partial charge on any atom is 0.220 e. The van der Waals surface area contributed by atoms with Gasteiger partial charge in [-0.15, -0.1) is 0 Å². The van der Waals surface area contributed by atoms with Crippen molar-refractivity contribution in [3.63, 3.8) is 0 Å². The average molecular weight is 343 g/mol. The molecule has 3 rings (SSSR count). The lowest BCUT2D eigenvalue weighted by molar-refractivity contribution is 0.226. The first kappa shape index (κ1) is 17.3. The highest BCUT2D eigenvalue weighted by Crippen LogP contribution is 2.26. The Hall–Kier alpha value is -2.57. The van der Waals surface area contributed by atoms with E-state index in [1.165, 1.54) is 6.42 Å². The molecule has 0 radical (unpaired) electrons. The Morgan fingerprint density at radius 3 is 2.88 bits per heavy atom. The number of hydrogen-bond donors (Lipinski definition) is 1. The molecule has 1 N–H and O–H groups in total. The Bertz CT molecular complexity index is 768. The molecule has 7 nitrogen and oxygen atoms in total. The highest BCUT2D eigenvalue weighted by atomic mass is 16.5. The molecule has 0 amide bonds. The molecule has 0 saturated carbocycles. The van der Waals surface area contributed by atoms with E-state index in [-0.39, 0.29) is 6.10 Å². The summed E-state index contributed by atoms with van der Waals surface area (Å²) in [5.41, 5.74) is 2.29. The topological polar surface area (TPSA) is 75.6 Å². The van der Waals surface area contributed by atoms with Crippen LogP contribution in [0.15, 0.2) is 29.9 Å². The Kier molecular flexibility index (Phi) is 5.21. The van der Waals surface area contributed by atoms with Gasteiger partial charge in [-0.05, 0) is 39.0 Å². The molecule has 134 valence electrons. The summed E-state index contributed by atoms with van der Waals surface area (Å²) in [4.78, 5) is 7.03. The molecule has 1 saturated heterocycles. The number of fused-ring (bicyclic) bond motifs is 1. The quantitative estimate of drug-likeness (QED) is 0.645. The number of nitrogens with one attached hydrogen (secondary N) is 1. The second kappa shape index (κ2) is 7.55. The molecule has 0 spiro atoms. The van der Waals surface area contributed by atoms with Crippen LogP contribution in [-0.2, 0) is 4.74 Å². The van der Waals surface area contributed by atoms with Gasteiger partial charge in [0.25, 0.3) is 0 Å². The van der Waals surface area contributed by atoms with Gasteiger partial charge in [-0.2, -0.15) is 15.4 Å².